The van der Waals surface area contributed by atoms with E-state index in [0.29, 0.717) is 0 Å². The summed E-state index contributed by atoms with van der Waals surface area (Å²) in [6, 6.07) is 10.8. The molecule has 0 radical (unpaired) electrons. The van der Waals surface area contributed by atoms with Crippen molar-refractivity contribution >= 4 is 21.9 Å². The molecule has 0 heterocycles. The third kappa shape index (κ3) is 4.13. The van der Waals surface area contributed by atoms with Crippen LogP contribution in [0.2, 0.25) is 0 Å². The zero-order valence-electron chi connectivity index (χ0n) is 12.6. The van der Waals surface area contributed by atoms with Gasteiger partial charge in [-0.3, -0.25) is 10.1 Å². The van der Waals surface area contributed by atoms with Crippen LogP contribution in [0.5, 0.6) is 0 Å². The highest BCUT2D eigenvalue weighted by Crippen LogP contribution is 2.18. The second kappa shape index (κ2) is 6.57. The average Bonchev–Trinajstić information content (AvgIpc) is 2.47. The monoisotopic (exact) mass is 333 g/mol. The Morgan fingerprint density at radius 2 is 1.70 bits per heavy atom. The Balaban J connectivity index is 2.23. The van der Waals surface area contributed by atoms with Crippen LogP contribution in [0.1, 0.15) is 16.7 Å². The lowest BCUT2D eigenvalue weighted by molar-refractivity contribution is -0.385. The van der Waals surface area contributed by atoms with Gasteiger partial charge >= 0.3 is 0 Å². The van der Waals surface area contributed by atoms with Gasteiger partial charge in [-0.1, -0.05) is 23.8 Å². The smallest absolute Gasteiger partial charge is 0.258 e. The van der Waals surface area contributed by atoms with Crippen molar-refractivity contribution in [3.63, 3.8) is 0 Å². The third-order valence-corrected chi connectivity index (χ3v) is 4.33. The quantitative estimate of drug-likeness (QED) is 0.516. The average molecular weight is 333 g/mol. The summed E-state index contributed by atoms with van der Waals surface area (Å²) in [5, 5.41) is 14.6. The summed E-state index contributed by atoms with van der Waals surface area (Å²) in [6.07, 6.45) is 1.12. The molecule has 0 saturated carbocycles. The van der Waals surface area contributed by atoms with E-state index in [2.05, 4.69) is 5.10 Å². The fourth-order valence-electron chi connectivity index (χ4n) is 1.88. The van der Waals surface area contributed by atoms with Crippen molar-refractivity contribution in [2.75, 3.05) is 0 Å². The van der Waals surface area contributed by atoms with Crippen LogP contribution in [0.4, 0.5) is 5.69 Å². The maximum absolute atomic E-state index is 12.1. The fourth-order valence-corrected chi connectivity index (χ4v) is 2.67. The first-order chi connectivity index (χ1) is 10.8. The molecule has 0 aliphatic heterocycles. The van der Waals surface area contributed by atoms with Crippen molar-refractivity contribution < 1.29 is 13.3 Å². The largest absolute Gasteiger partial charge is 0.278 e. The Labute approximate surface area is 133 Å². The van der Waals surface area contributed by atoms with Gasteiger partial charge < -0.3 is 0 Å². The van der Waals surface area contributed by atoms with E-state index >= 15 is 0 Å². The summed E-state index contributed by atoms with van der Waals surface area (Å²) < 4.78 is 24.1. The number of nitrogens with one attached hydrogen (secondary N) is 1. The van der Waals surface area contributed by atoms with Crippen LogP contribution >= 0.6 is 0 Å². The molecule has 23 heavy (non-hydrogen) atoms. The molecular formula is C15H15N3O4S. The minimum Gasteiger partial charge on any atom is -0.258 e. The predicted octanol–water partition coefficient (Wildman–Crippen LogP) is 2.52. The van der Waals surface area contributed by atoms with Crippen molar-refractivity contribution in [1.82, 2.24) is 4.83 Å². The molecule has 7 nitrogen and oxygen atoms in total. The zero-order chi connectivity index (χ0) is 17.0. The lowest BCUT2D eigenvalue weighted by Gasteiger charge is -2.04. The molecule has 0 fully saturated rings. The van der Waals surface area contributed by atoms with Crippen molar-refractivity contribution in [2.45, 2.75) is 18.7 Å². The predicted molar refractivity (Wildman–Crippen MR) is 86.9 cm³/mol. The molecule has 0 aromatic heterocycles. The molecule has 2 aromatic rings. The summed E-state index contributed by atoms with van der Waals surface area (Å²) >= 11 is 0. The van der Waals surface area contributed by atoms with Crippen molar-refractivity contribution in [2.24, 2.45) is 5.10 Å². The van der Waals surface area contributed by atoms with Gasteiger partial charge in [0, 0.05) is 6.07 Å². The van der Waals surface area contributed by atoms with Crippen LogP contribution in [0.25, 0.3) is 0 Å². The van der Waals surface area contributed by atoms with E-state index in [1.165, 1.54) is 18.2 Å². The van der Waals surface area contributed by atoms with Gasteiger partial charge in [-0.05, 0) is 37.6 Å². The molecule has 1 N–H and O–H groups in total. The highest BCUT2D eigenvalue weighted by Gasteiger charge is 2.14. The molecule has 2 rings (SSSR count). The lowest BCUT2D eigenvalue weighted by atomic mass is 10.1. The topological polar surface area (TPSA) is 102 Å². The molecular weight excluding hydrogens is 318 g/mol. The van der Waals surface area contributed by atoms with E-state index in [-0.39, 0.29) is 16.1 Å². The Morgan fingerprint density at radius 3 is 2.30 bits per heavy atom. The number of hydrogen-bond acceptors (Lipinski definition) is 5. The maximum Gasteiger partial charge on any atom is 0.278 e. The molecule has 0 aliphatic carbocycles. The Kier molecular flexibility index (Phi) is 4.75. The van der Waals surface area contributed by atoms with Crippen molar-refractivity contribution in [3.8, 4) is 0 Å². The maximum atomic E-state index is 12.1. The summed E-state index contributed by atoms with van der Waals surface area (Å²) in [4.78, 5) is 12.5. The molecule has 2 aromatic carbocycles. The van der Waals surface area contributed by atoms with E-state index in [1.54, 1.807) is 31.2 Å². The Bertz CT molecular complexity index is 859. The minimum absolute atomic E-state index is 0.0685. The second-order valence-electron chi connectivity index (χ2n) is 4.99. The number of hydrazone groups is 1. The van der Waals surface area contributed by atoms with Gasteiger partial charge in [-0.2, -0.15) is 13.5 Å². The number of aryl methyl sites for hydroxylation is 2. The fraction of sp³-hybridized carbons (Fsp3) is 0.133. The molecule has 0 spiro atoms. The van der Waals surface area contributed by atoms with Crippen LogP contribution < -0.4 is 4.83 Å². The van der Waals surface area contributed by atoms with Gasteiger partial charge in [-0.15, -0.1) is 0 Å². The molecule has 8 heteroatoms. The van der Waals surface area contributed by atoms with Gasteiger partial charge in [0.05, 0.1) is 21.6 Å². The minimum atomic E-state index is -3.81. The highest BCUT2D eigenvalue weighted by atomic mass is 32.2. The zero-order valence-corrected chi connectivity index (χ0v) is 13.4. The number of nitro benzene ring substituents is 1. The Hall–Kier alpha value is -2.74. The molecule has 0 saturated heterocycles. The third-order valence-electron chi connectivity index (χ3n) is 3.09. The first kappa shape index (κ1) is 16.6. The first-order valence-electron chi connectivity index (χ1n) is 6.66. The molecule has 0 atom stereocenters. The van der Waals surface area contributed by atoms with E-state index in [0.717, 1.165) is 17.3 Å². The number of nitro groups is 1. The SMILES string of the molecule is Cc1ccc(S(=O)(=O)N/N=C/c2cc(C)ccc2[N+](=O)[O-])cc1. The number of sulfonamides is 1. The normalized spacial score (nSPS) is 11.6. The molecule has 0 amide bonds. The van der Waals surface area contributed by atoms with Crippen LogP contribution in [-0.2, 0) is 10.0 Å². The summed E-state index contributed by atoms with van der Waals surface area (Å²) in [5.41, 5.74) is 1.82. The molecule has 0 bridgehead atoms. The second-order valence-corrected chi connectivity index (χ2v) is 6.65. The van der Waals surface area contributed by atoms with Gasteiger partial charge in [-0.25, -0.2) is 4.83 Å². The van der Waals surface area contributed by atoms with Crippen LogP contribution in [0.15, 0.2) is 52.5 Å². The van der Waals surface area contributed by atoms with Gasteiger partial charge in [0.1, 0.15) is 0 Å². The van der Waals surface area contributed by atoms with E-state index < -0.39 is 14.9 Å². The number of nitrogens with zero attached hydrogens (tertiary/aromatic N) is 2. The summed E-state index contributed by atoms with van der Waals surface area (Å²) in [5.74, 6) is 0. The van der Waals surface area contributed by atoms with Gasteiger partial charge in [0.2, 0.25) is 0 Å². The van der Waals surface area contributed by atoms with E-state index in [1.807, 2.05) is 11.8 Å². The number of rotatable bonds is 5. The molecule has 0 unspecified atom stereocenters. The number of hydrogen-bond donors (Lipinski definition) is 1. The lowest BCUT2D eigenvalue weighted by Crippen LogP contribution is -2.18. The molecule has 120 valence electrons. The van der Waals surface area contributed by atoms with Crippen LogP contribution in [-0.4, -0.2) is 19.6 Å². The standard InChI is InChI=1S/C15H15N3O4S/c1-11-3-6-14(7-4-11)23(21,22)17-16-10-13-9-12(2)5-8-15(13)18(19)20/h3-10,17H,1-2H3/b16-10+. The van der Waals surface area contributed by atoms with Crippen LogP contribution in [0.3, 0.4) is 0 Å². The molecule has 0 aliphatic rings. The van der Waals surface area contributed by atoms with E-state index in [9.17, 15) is 18.5 Å². The first-order valence-corrected chi connectivity index (χ1v) is 8.14. The Morgan fingerprint density at radius 1 is 1.09 bits per heavy atom. The van der Waals surface area contributed by atoms with Crippen molar-refractivity contribution in [3.05, 3.63) is 69.3 Å². The summed E-state index contributed by atoms with van der Waals surface area (Å²) in [7, 11) is -3.81. The van der Waals surface area contributed by atoms with Gasteiger partial charge in [0.15, 0.2) is 0 Å². The number of benzene rings is 2. The van der Waals surface area contributed by atoms with Crippen LogP contribution in [0, 0.1) is 24.0 Å². The van der Waals surface area contributed by atoms with Gasteiger partial charge in [0.25, 0.3) is 15.7 Å². The van der Waals surface area contributed by atoms with Crippen molar-refractivity contribution in [1.29, 1.82) is 0 Å². The van der Waals surface area contributed by atoms with E-state index in [4.69, 9.17) is 0 Å². The highest BCUT2D eigenvalue weighted by molar-refractivity contribution is 7.89. The summed E-state index contributed by atoms with van der Waals surface area (Å²) in [6.45, 7) is 3.62.